The summed E-state index contributed by atoms with van der Waals surface area (Å²) >= 11 is 3.42. The highest BCUT2D eigenvalue weighted by Gasteiger charge is 2.34. The largest absolute Gasteiger partial charge is 0.348 e. The summed E-state index contributed by atoms with van der Waals surface area (Å²) in [6.07, 6.45) is 7.10. The maximum atomic E-state index is 12.4. The zero-order valence-corrected chi connectivity index (χ0v) is 14.4. The predicted molar refractivity (Wildman–Crippen MR) is 91.7 cm³/mol. The number of likely N-dealkylation sites (tertiary alicyclic amines) is 1. The fourth-order valence-electron chi connectivity index (χ4n) is 3.12. The van der Waals surface area contributed by atoms with Gasteiger partial charge in [0, 0.05) is 35.8 Å². The van der Waals surface area contributed by atoms with E-state index in [1.165, 1.54) is 12.8 Å². The number of benzene rings is 1. The predicted octanol–water partition coefficient (Wildman–Crippen LogP) is 2.60. The highest BCUT2D eigenvalue weighted by molar-refractivity contribution is 9.10. The van der Waals surface area contributed by atoms with E-state index in [2.05, 4.69) is 31.2 Å². The third kappa shape index (κ3) is 3.33. The Hall–Kier alpha value is -1.66. The molecule has 2 heterocycles. The van der Waals surface area contributed by atoms with Crippen LogP contribution in [0.3, 0.4) is 0 Å². The van der Waals surface area contributed by atoms with Crippen LogP contribution >= 0.6 is 15.9 Å². The minimum Gasteiger partial charge on any atom is -0.348 e. The van der Waals surface area contributed by atoms with E-state index in [0.29, 0.717) is 5.56 Å². The van der Waals surface area contributed by atoms with Gasteiger partial charge in [0.2, 0.25) is 0 Å². The van der Waals surface area contributed by atoms with Crippen molar-refractivity contribution in [2.75, 3.05) is 13.1 Å². The standard InChI is InChI=1S/C17H19BrN4O/c18-13-1-3-16(4-2-13)22-10-12(9-19-22)17(23)20-14-7-8-21(11-14)15-5-6-15/h1-4,9-10,14-15H,5-8,11H2,(H,20,23)/t14-/m0/s1. The van der Waals surface area contributed by atoms with E-state index in [0.717, 1.165) is 35.7 Å². The lowest BCUT2D eigenvalue weighted by Gasteiger charge is -2.15. The average Bonchev–Trinajstić information content (AvgIpc) is 3.10. The summed E-state index contributed by atoms with van der Waals surface area (Å²) in [6, 6.07) is 8.88. The molecule has 1 aliphatic heterocycles. The monoisotopic (exact) mass is 374 g/mol. The molecule has 0 radical (unpaired) electrons. The van der Waals surface area contributed by atoms with Crippen LogP contribution < -0.4 is 5.32 Å². The van der Waals surface area contributed by atoms with Crippen LogP contribution in [0.4, 0.5) is 0 Å². The highest BCUT2D eigenvalue weighted by atomic mass is 79.9. The van der Waals surface area contributed by atoms with Gasteiger partial charge in [-0.25, -0.2) is 4.68 Å². The molecule has 23 heavy (non-hydrogen) atoms. The number of carbonyl (C=O) groups excluding carboxylic acids is 1. The molecule has 1 aromatic heterocycles. The Balaban J connectivity index is 1.40. The molecule has 0 unspecified atom stereocenters. The summed E-state index contributed by atoms with van der Waals surface area (Å²) in [5, 5.41) is 7.44. The van der Waals surface area contributed by atoms with Crippen molar-refractivity contribution in [2.45, 2.75) is 31.3 Å². The lowest BCUT2D eigenvalue weighted by molar-refractivity contribution is 0.0937. The van der Waals surface area contributed by atoms with Crippen molar-refractivity contribution >= 4 is 21.8 Å². The van der Waals surface area contributed by atoms with Crippen molar-refractivity contribution in [3.05, 3.63) is 46.7 Å². The normalized spacial score (nSPS) is 21.5. The van der Waals surface area contributed by atoms with Crippen molar-refractivity contribution in [3.63, 3.8) is 0 Å². The minimum atomic E-state index is -0.0315. The van der Waals surface area contributed by atoms with E-state index < -0.39 is 0 Å². The number of hydrogen-bond donors (Lipinski definition) is 1. The first-order valence-electron chi connectivity index (χ1n) is 8.04. The summed E-state index contributed by atoms with van der Waals surface area (Å²) in [5.74, 6) is -0.0315. The Bertz CT molecular complexity index is 708. The van der Waals surface area contributed by atoms with Crippen LogP contribution in [0.1, 0.15) is 29.6 Å². The average molecular weight is 375 g/mol. The number of rotatable bonds is 4. The molecular weight excluding hydrogens is 356 g/mol. The Morgan fingerprint density at radius 2 is 2.00 bits per heavy atom. The fraction of sp³-hybridized carbons (Fsp3) is 0.412. The lowest BCUT2D eigenvalue weighted by atomic mass is 10.2. The van der Waals surface area contributed by atoms with Crippen LogP contribution in [0.2, 0.25) is 0 Å². The van der Waals surface area contributed by atoms with Gasteiger partial charge in [-0.1, -0.05) is 15.9 Å². The molecule has 1 saturated heterocycles. The molecule has 2 aliphatic rings. The number of amides is 1. The summed E-state index contributed by atoms with van der Waals surface area (Å²) < 4.78 is 2.75. The number of nitrogens with zero attached hydrogens (tertiary/aromatic N) is 3. The van der Waals surface area contributed by atoms with Crippen LogP contribution in [-0.2, 0) is 0 Å². The molecule has 2 aromatic rings. The van der Waals surface area contributed by atoms with Crippen molar-refractivity contribution < 1.29 is 4.79 Å². The van der Waals surface area contributed by atoms with Crippen molar-refractivity contribution in [1.29, 1.82) is 0 Å². The van der Waals surface area contributed by atoms with Gasteiger partial charge in [-0.15, -0.1) is 0 Å². The molecule has 1 N–H and O–H groups in total. The maximum absolute atomic E-state index is 12.4. The molecule has 0 bridgehead atoms. The van der Waals surface area contributed by atoms with Crippen LogP contribution in [0.5, 0.6) is 0 Å². The fourth-order valence-corrected chi connectivity index (χ4v) is 3.38. The van der Waals surface area contributed by atoms with Gasteiger partial charge in [-0.3, -0.25) is 9.69 Å². The molecular formula is C17H19BrN4O. The van der Waals surface area contributed by atoms with Crippen molar-refractivity contribution in [3.8, 4) is 5.69 Å². The molecule has 4 rings (SSSR count). The first-order valence-corrected chi connectivity index (χ1v) is 8.84. The first-order chi connectivity index (χ1) is 11.2. The molecule has 1 amide bonds. The van der Waals surface area contributed by atoms with Crippen molar-refractivity contribution in [1.82, 2.24) is 20.0 Å². The van der Waals surface area contributed by atoms with E-state index >= 15 is 0 Å². The zero-order chi connectivity index (χ0) is 15.8. The Labute approximate surface area is 143 Å². The summed E-state index contributed by atoms with van der Waals surface area (Å²) in [7, 11) is 0. The Morgan fingerprint density at radius 3 is 2.74 bits per heavy atom. The van der Waals surface area contributed by atoms with Gasteiger partial charge >= 0.3 is 0 Å². The molecule has 1 aliphatic carbocycles. The highest BCUT2D eigenvalue weighted by Crippen LogP contribution is 2.29. The van der Waals surface area contributed by atoms with Gasteiger partial charge in [0.1, 0.15) is 0 Å². The number of nitrogens with one attached hydrogen (secondary N) is 1. The van der Waals surface area contributed by atoms with E-state index in [9.17, 15) is 4.79 Å². The topological polar surface area (TPSA) is 50.2 Å². The number of halogens is 1. The summed E-state index contributed by atoms with van der Waals surface area (Å²) in [5.41, 5.74) is 1.55. The smallest absolute Gasteiger partial charge is 0.254 e. The van der Waals surface area contributed by atoms with Crippen LogP contribution in [0.25, 0.3) is 5.69 Å². The Morgan fingerprint density at radius 1 is 1.22 bits per heavy atom. The molecule has 6 heteroatoms. The Kier molecular flexibility index (Phi) is 3.95. The number of aromatic nitrogens is 2. The second-order valence-electron chi connectivity index (χ2n) is 6.34. The summed E-state index contributed by atoms with van der Waals surface area (Å²) in [4.78, 5) is 14.9. The number of carbonyl (C=O) groups is 1. The number of hydrogen-bond acceptors (Lipinski definition) is 3. The third-order valence-electron chi connectivity index (χ3n) is 4.55. The lowest BCUT2D eigenvalue weighted by Crippen LogP contribution is -2.37. The first kappa shape index (κ1) is 14.9. The van der Waals surface area contributed by atoms with Crippen LogP contribution in [0, 0.1) is 0 Å². The third-order valence-corrected chi connectivity index (χ3v) is 5.08. The van der Waals surface area contributed by atoms with Gasteiger partial charge in [0.15, 0.2) is 0 Å². The van der Waals surface area contributed by atoms with E-state index in [1.807, 2.05) is 24.3 Å². The van der Waals surface area contributed by atoms with Crippen LogP contribution in [0.15, 0.2) is 41.1 Å². The molecule has 1 atom stereocenters. The van der Waals surface area contributed by atoms with E-state index in [1.54, 1.807) is 17.1 Å². The van der Waals surface area contributed by atoms with Crippen LogP contribution in [-0.4, -0.2) is 45.8 Å². The molecule has 0 spiro atoms. The van der Waals surface area contributed by atoms with E-state index in [-0.39, 0.29) is 11.9 Å². The molecule has 5 nitrogen and oxygen atoms in total. The quantitative estimate of drug-likeness (QED) is 0.894. The van der Waals surface area contributed by atoms with Gasteiger partial charge in [-0.05, 0) is 43.5 Å². The minimum absolute atomic E-state index is 0.0315. The second-order valence-corrected chi connectivity index (χ2v) is 7.25. The maximum Gasteiger partial charge on any atom is 0.254 e. The van der Waals surface area contributed by atoms with E-state index in [4.69, 9.17) is 0 Å². The molecule has 1 aromatic carbocycles. The molecule has 1 saturated carbocycles. The summed E-state index contributed by atoms with van der Waals surface area (Å²) in [6.45, 7) is 2.09. The van der Waals surface area contributed by atoms with Crippen molar-refractivity contribution in [2.24, 2.45) is 0 Å². The SMILES string of the molecule is O=C(N[C@H]1CCN(C2CC2)C1)c1cnn(-c2ccc(Br)cc2)c1. The second kappa shape index (κ2) is 6.09. The molecule has 2 fully saturated rings. The van der Waals surface area contributed by atoms with Gasteiger partial charge in [0.25, 0.3) is 5.91 Å². The van der Waals surface area contributed by atoms with Gasteiger partial charge in [0.05, 0.1) is 17.4 Å². The zero-order valence-electron chi connectivity index (χ0n) is 12.8. The molecule has 120 valence electrons. The van der Waals surface area contributed by atoms with Gasteiger partial charge in [-0.2, -0.15) is 5.10 Å². The van der Waals surface area contributed by atoms with Gasteiger partial charge < -0.3 is 5.32 Å².